The van der Waals surface area contributed by atoms with Gasteiger partial charge in [0, 0.05) is 43.0 Å². The number of hydrogen-bond donors (Lipinski definition) is 1. The first-order valence-electron chi connectivity index (χ1n) is 8.34. The van der Waals surface area contributed by atoms with E-state index >= 15 is 0 Å². The molecule has 2 heterocycles. The molecule has 1 aromatic heterocycles. The van der Waals surface area contributed by atoms with Crippen LogP contribution in [0, 0.1) is 6.92 Å². The highest BCUT2D eigenvalue weighted by molar-refractivity contribution is 6.30. The number of aliphatic hydroxyl groups excluding tert-OH is 1. The van der Waals surface area contributed by atoms with Gasteiger partial charge in [0.1, 0.15) is 5.82 Å². The lowest BCUT2D eigenvalue weighted by Crippen LogP contribution is -2.41. The fourth-order valence-electron chi connectivity index (χ4n) is 3.26. The van der Waals surface area contributed by atoms with Gasteiger partial charge in [-0.15, -0.1) is 0 Å². The molecule has 2 aromatic rings. The number of anilines is 1. The van der Waals surface area contributed by atoms with Crippen LogP contribution in [0.25, 0.3) is 0 Å². The average molecular weight is 346 g/mol. The van der Waals surface area contributed by atoms with Gasteiger partial charge in [-0.1, -0.05) is 29.8 Å². The summed E-state index contributed by atoms with van der Waals surface area (Å²) >= 11 is 6.12. The van der Waals surface area contributed by atoms with Gasteiger partial charge < -0.3 is 10.0 Å². The van der Waals surface area contributed by atoms with Gasteiger partial charge in [0.15, 0.2) is 0 Å². The third-order valence-electron chi connectivity index (χ3n) is 4.66. The van der Waals surface area contributed by atoms with Crippen molar-refractivity contribution in [3.63, 3.8) is 0 Å². The molecule has 0 fully saturated rings. The number of pyridine rings is 1. The number of fused-ring (bicyclic) bond motifs is 1. The molecule has 4 nitrogen and oxygen atoms in total. The molecule has 1 atom stereocenters. The first-order chi connectivity index (χ1) is 11.6. The van der Waals surface area contributed by atoms with Crippen LogP contribution < -0.4 is 4.90 Å². The lowest BCUT2D eigenvalue weighted by Gasteiger charge is -2.35. The second-order valence-electron chi connectivity index (χ2n) is 6.51. The second kappa shape index (κ2) is 7.51. The molecule has 0 amide bonds. The van der Waals surface area contributed by atoms with Crippen molar-refractivity contribution in [1.82, 2.24) is 9.88 Å². The zero-order valence-corrected chi connectivity index (χ0v) is 15.0. The van der Waals surface area contributed by atoms with Crippen LogP contribution in [0.15, 0.2) is 36.4 Å². The van der Waals surface area contributed by atoms with Crippen molar-refractivity contribution in [1.29, 1.82) is 0 Å². The summed E-state index contributed by atoms with van der Waals surface area (Å²) in [6.45, 7) is 4.75. The largest absolute Gasteiger partial charge is 0.394 e. The Morgan fingerprint density at radius 3 is 2.88 bits per heavy atom. The third kappa shape index (κ3) is 3.89. The minimum Gasteiger partial charge on any atom is -0.394 e. The van der Waals surface area contributed by atoms with Crippen molar-refractivity contribution in [2.45, 2.75) is 32.5 Å². The van der Waals surface area contributed by atoms with Gasteiger partial charge in [-0.2, -0.15) is 0 Å². The van der Waals surface area contributed by atoms with Gasteiger partial charge in [-0.25, -0.2) is 4.98 Å². The van der Waals surface area contributed by atoms with E-state index in [0.717, 1.165) is 42.6 Å². The zero-order valence-electron chi connectivity index (χ0n) is 14.2. The maximum atomic E-state index is 9.78. The SMILES string of the molecule is Cc1ccc2c(n1)N(C)C(CO)CCN(Cc1cccc(Cl)c1)C2. The number of aliphatic hydroxyl groups is 1. The quantitative estimate of drug-likeness (QED) is 0.927. The van der Waals surface area contributed by atoms with Crippen molar-refractivity contribution >= 4 is 17.4 Å². The van der Waals surface area contributed by atoms with E-state index in [9.17, 15) is 5.11 Å². The summed E-state index contributed by atoms with van der Waals surface area (Å²) in [5.74, 6) is 0.977. The predicted molar refractivity (Wildman–Crippen MR) is 98.4 cm³/mol. The Morgan fingerprint density at radius 1 is 1.29 bits per heavy atom. The number of hydrogen-bond acceptors (Lipinski definition) is 4. The summed E-state index contributed by atoms with van der Waals surface area (Å²) < 4.78 is 0. The Hall–Kier alpha value is -1.62. The number of rotatable bonds is 3. The number of benzene rings is 1. The molecule has 0 aliphatic carbocycles. The topological polar surface area (TPSA) is 39.6 Å². The van der Waals surface area contributed by atoms with E-state index in [1.54, 1.807) is 0 Å². The number of aryl methyl sites for hydroxylation is 1. The third-order valence-corrected chi connectivity index (χ3v) is 4.89. The zero-order chi connectivity index (χ0) is 17.1. The van der Waals surface area contributed by atoms with Crippen LogP contribution in [0.3, 0.4) is 0 Å². The average Bonchev–Trinajstić information content (AvgIpc) is 2.55. The van der Waals surface area contributed by atoms with Gasteiger partial charge in [0.05, 0.1) is 12.6 Å². The number of aromatic nitrogens is 1. The molecule has 3 rings (SSSR count). The lowest BCUT2D eigenvalue weighted by atomic mass is 10.1. The summed E-state index contributed by atoms with van der Waals surface area (Å²) in [4.78, 5) is 9.24. The van der Waals surface area contributed by atoms with E-state index in [2.05, 4.69) is 28.0 Å². The Labute approximate surface area is 148 Å². The van der Waals surface area contributed by atoms with Gasteiger partial charge in [0.2, 0.25) is 0 Å². The Bertz CT molecular complexity index is 707. The monoisotopic (exact) mass is 345 g/mol. The molecule has 1 aliphatic rings. The van der Waals surface area contributed by atoms with Crippen LogP contribution in [-0.4, -0.2) is 41.2 Å². The highest BCUT2D eigenvalue weighted by atomic mass is 35.5. The van der Waals surface area contributed by atoms with Crippen molar-refractivity contribution < 1.29 is 5.11 Å². The maximum absolute atomic E-state index is 9.78. The number of nitrogens with zero attached hydrogens (tertiary/aromatic N) is 3. The molecule has 0 saturated heterocycles. The van der Waals surface area contributed by atoms with E-state index < -0.39 is 0 Å². The number of halogens is 1. The van der Waals surface area contributed by atoms with Crippen molar-refractivity contribution in [3.05, 3.63) is 58.2 Å². The Morgan fingerprint density at radius 2 is 2.12 bits per heavy atom. The number of likely N-dealkylation sites (N-methyl/N-ethyl adjacent to an activating group) is 1. The van der Waals surface area contributed by atoms with Gasteiger partial charge >= 0.3 is 0 Å². The molecule has 24 heavy (non-hydrogen) atoms. The molecule has 0 spiro atoms. The van der Waals surface area contributed by atoms with Gasteiger partial charge in [0.25, 0.3) is 0 Å². The van der Waals surface area contributed by atoms with Crippen molar-refractivity contribution in [2.24, 2.45) is 0 Å². The highest BCUT2D eigenvalue weighted by Gasteiger charge is 2.24. The van der Waals surface area contributed by atoms with Crippen LogP contribution in [0.1, 0.15) is 23.2 Å². The van der Waals surface area contributed by atoms with E-state index in [0.29, 0.717) is 0 Å². The maximum Gasteiger partial charge on any atom is 0.133 e. The Kier molecular flexibility index (Phi) is 5.39. The highest BCUT2D eigenvalue weighted by Crippen LogP contribution is 2.26. The van der Waals surface area contributed by atoms with Crippen LogP contribution in [-0.2, 0) is 13.1 Å². The molecular weight excluding hydrogens is 322 g/mol. The van der Waals surface area contributed by atoms with Crippen LogP contribution in [0.5, 0.6) is 0 Å². The molecule has 0 saturated carbocycles. The molecule has 128 valence electrons. The molecule has 0 bridgehead atoms. The molecule has 0 radical (unpaired) electrons. The fourth-order valence-corrected chi connectivity index (χ4v) is 3.47. The summed E-state index contributed by atoms with van der Waals surface area (Å²) in [5, 5.41) is 10.5. The molecule has 1 aliphatic heterocycles. The van der Waals surface area contributed by atoms with E-state index in [4.69, 9.17) is 16.6 Å². The summed E-state index contributed by atoms with van der Waals surface area (Å²) in [7, 11) is 2.03. The standard InChI is InChI=1S/C19H24ClN3O/c1-14-6-7-16-12-23(11-15-4-3-5-17(20)10-15)9-8-18(13-24)22(2)19(16)21-14/h3-7,10,18,24H,8-9,11-13H2,1-2H3. The normalized spacial score (nSPS) is 18.8. The van der Waals surface area contributed by atoms with Crippen LogP contribution >= 0.6 is 11.6 Å². The first-order valence-corrected chi connectivity index (χ1v) is 8.71. The van der Waals surface area contributed by atoms with E-state index in [1.165, 1.54) is 11.1 Å². The fraction of sp³-hybridized carbons (Fsp3) is 0.421. The minimum atomic E-state index is 0.0835. The van der Waals surface area contributed by atoms with E-state index in [1.807, 2.05) is 32.2 Å². The van der Waals surface area contributed by atoms with E-state index in [-0.39, 0.29) is 12.6 Å². The molecule has 1 aromatic carbocycles. The smallest absolute Gasteiger partial charge is 0.133 e. The van der Waals surface area contributed by atoms with Crippen LogP contribution in [0.2, 0.25) is 5.02 Å². The van der Waals surface area contributed by atoms with Gasteiger partial charge in [-0.3, -0.25) is 4.90 Å². The molecule has 1 N–H and O–H groups in total. The van der Waals surface area contributed by atoms with Crippen molar-refractivity contribution in [3.8, 4) is 0 Å². The second-order valence-corrected chi connectivity index (χ2v) is 6.95. The predicted octanol–water partition coefficient (Wildman–Crippen LogP) is 3.25. The minimum absolute atomic E-state index is 0.0835. The molecule has 5 heteroatoms. The Balaban J connectivity index is 1.88. The lowest BCUT2D eigenvalue weighted by molar-refractivity contribution is 0.205. The first kappa shape index (κ1) is 17.2. The summed E-state index contributed by atoms with van der Waals surface area (Å²) in [5.41, 5.74) is 3.40. The summed E-state index contributed by atoms with van der Waals surface area (Å²) in [6, 6.07) is 12.3. The molecule has 1 unspecified atom stereocenters. The van der Waals surface area contributed by atoms with Gasteiger partial charge in [-0.05, 0) is 37.1 Å². The summed E-state index contributed by atoms with van der Waals surface area (Å²) in [6.07, 6.45) is 0.905. The van der Waals surface area contributed by atoms with Crippen molar-refractivity contribution in [2.75, 3.05) is 25.1 Å². The molecular formula is C19H24ClN3O. The van der Waals surface area contributed by atoms with Crippen LogP contribution in [0.4, 0.5) is 5.82 Å².